The van der Waals surface area contributed by atoms with Crippen LogP contribution >= 0.6 is 23.2 Å². The van der Waals surface area contributed by atoms with Crippen molar-refractivity contribution in [2.24, 2.45) is 5.41 Å². The lowest BCUT2D eigenvalue weighted by Crippen LogP contribution is -2.31. The molecule has 1 aromatic rings. The van der Waals surface area contributed by atoms with E-state index in [2.05, 4.69) is 0 Å². The predicted octanol–water partition coefficient (Wildman–Crippen LogP) is 3.84. The highest BCUT2D eigenvalue weighted by molar-refractivity contribution is 6.34. The lowest BCUT2D eigenvalue weighted by atomic mass is 9.85. The molecule has 1 N–H and O–H groups in total. The molecule has 116 valence electrons. The number of hydrogen-bond donors (Lipinski definition) is 1. The van der Waals surface area contributed by atoms with Crippen LogP contribution in [-0.2, 0) is 16.1 Å². The Hall–Kier alpha value is -1.26. The summed E-state index contributed by atoms with van der Waals surface area (Å²) in [5, 5.41) is 9.88. The highest BCUT2D eigenvalue weighted by Crippen LogP contribution is 2.26. The van der Waals surface area contributed by atoms with Gasteiger partial charge in [-0.3, -0.25) is 9.59 Å². The molecule has 0 heterocycles. The van der Waals surface area contributed by atoms with Gasteiger partial charge in [-0.05, 0) is 29.2 Å². The van der Waals surface area contributed by atoms with Crippen LogP contribution in [0.4, 0.5) is 0 Å². The number of halogens is 2. The van der Waals surface area contributed by atoms with Gasteiger partial charge in [0.15, 0.2) is 0 Å². The first-order valence-electron chi connectivity index (χ1n) is 6.50. The second kappa shape index (κ2) is 7.14. The predicted molar refractivity (Wildman–Crippen MR) is 83.6 cm³/mol. The molecule has 0 fully saturated rings. The Morgan fingerprint density at radius 3 is 2.14 bits per heavy atom. The molecule has 0 unspecified atom stereocenters. The first kappa shape index (κ1) is 17.8. The maximum atomic E-state index is 12.2. The number of amides is 1. The number of carboxylic acid groups (broad SMARTS) is 1. The van der Waals surface area contributed by atoms with E-state index in [-0.39, 0.29) is 18.7 Å². The van der Waals surface area contributed by atoms with E-state index >= 15 is 0 Å². The Kier molecular flexibility index (Phi) is 6.05. The number of carbonyl (C=O) groups excluding carboxylic acids is 1. The van der Waals surface area contributed by atoms with Gasteiger partial charge in [-0.25, -0.2) is 0 Å². The Bertz CT molecular complexity index is 523. The Labute approximate surface area is 134 Å². The van der Waals surface area contributed by atoms with Crippen molar-refractivity contribution in [2.45, 2.75) is 33.2 Å². The van der Waals surface area contributed by atoms with E-state index in [9.17, 15) is 9.59 Å². The van der Waals surface area contributed by atoms with Crippen LogP contribution in [0.5, 0.6) is 0 Å². The van der Waals surface area contributed by atoms with E-state index in [0.717, 1.165) is 5.56 Å². The second-order valence-corrected chi connectivity index (χ2v) is 6.81. The molecule has 0 aliphatic rings. The molecule has 0 saturated heterocycles. The number of carboxylic acids is 1. The fourth-order valence-corrected chi connectivity index (χ4v) is 2.65. The van der Waals surface area contributed by atoms with Crippen molar-refractivity contribution in [2.75, 3.05) is 7.05 Å². The highest BCUT2D eigenvalue weighted by atomic mass is 35.5. The number of aliphatic carboxylic acids is 1. The van der Waals surface area contributed by atoms with E-state index < -0.39 is 11.4 Å². The molecule has 1 amide bonds. The molecule has 0 spiro atoms. The van der Waals surface area contributed by atoms with E-state index in [4.69, 9.17) is 28.3 Å². The zero-order valence-electron chi connectivity index (χ0n) is 12.3. The molecule has 0 aliphatic carbocycles. The number of carbonyl (C=O) groups is 2. The molecular formula is C15H19Cl2NO3. The highest BCUT2D eigenvalue weighted by Gasteiger charge is 2.26. The smallest absolute Gasteiger partial charge is 0.303 e. The van der Waals surface area contributed by atoms with Gasteiger partial charge in [-0.15, -0.1) is 0 Å². The third kappa shape index (κ3) is 6.36. The Morgan fingerprint density at radius 2 is 1.67 bits per heavy atom. The molecule has 0 radical (unpaired) electrons. The molecule has 1 aromatic carbocycles. The van der Waals surface area contributed by atoms with Crippen molar-refractivity contribution in [3.8, 4) is 0 Å². The van der Waals surface area contributed by atoms with Gasteiger partial charge in [0.2, 0.25) is 5.91 Å². The average Bonchev–Trinajstić information content (AvgIpc) is 2.24. The summed E-state index contributed by atoms with van der Waals surface area (Å²) in [5.41, 5.74) is 0.253. The van der Waals surface area contributed by atoms with E-state index in [1.54, 1.807) is 44.0 Å². The van der Waals surface area contributed by atoms with Crippen molar-refractivity contribution in [3.63, 3.8) is 0 Å². The van der Waals surface area contributed by atoms with Crippen LogP contribution in [0.1, 0.15) is 32.3 Å². The molecule has 0 atom stereocenters. The van der Waals surface area contributed by atoms with Crippen LogP contribution in [-0.4, -0.2) is 28.9 Å². The third-order valence-electron chi connectivity index (χ3n) is 3.03. The number of rotatable bonds is 6. The van der Waals surface area contributed by atoms with E-state index in [1.807, 2.05) is 0 Å². The fraction of sp³-hybridized carbons (Fsp3) is 0.467. The minimum absolute atomic E-state index is 0.0461. The SMILES string of the molecule is CN(Cc1cc(Cl)cc(Cl)c1)C(=O)CC(C)(C)CC(=O)O. The van der Waals surface area contributed by atoms with Crippen molar-refractivity contribution < 1.29 is 14.7 Å². The summed E-state index contributed by atoms with van der Waals surface area (Å²) in [6.07, 6.45) is 0.125. The molecule has 0 saturated carbocycles. The fourth-order valence-electron chi connectivity index (χ4n) is 2.08. The maximum absolute atomic E-state index is 12.2. The quantitative estimate of drug-likeness (QED) is 0.861. The lowest BCUT2D eigenvalue weighted by Gasteiger charge is -2.25. The Balaban J connectivity index is 2.68. The van der Waals surface area contributed by atoms with E-state index in [1.165, 1.54) is 0 Å². The molecule has 0 bridgehead atoms. The number of nitrogens with zero attached hydrogens (tertiary/aromatic N) is 1. The normalized spacial score (nSPS) is 11.3. The molecule has 6 heteroatoms. The van der Waals surface area contributed by atoms with Gasteiger partial charge in [0.25, 0.3) is 0 Å². The zero-order chi connectivity index (χ0) is 16.2. The van der Waals surface area contributed by atoms with Crippen molar-refractivity contribution in [1.82, 2.24) is 4.90 Å². The zero-order valence-corrected chi connectivity index (χ0v) is 13.8. The minimum Gasteiger partial charge on any atom is -0.481 e. The molecule has 0 aliphatic heterocycles. The van der Waals surface area contributed by atoms with Crippen molar-refractivity contribution in [3.05, 3.63) is 33.8 Å². The van der Waals surface area contributed by atoms with Gasteiger partial charge >= 0.3 is 5.97 Å². The van der Waals surface area contributed by atoms with Crippen LogP contribution in [0.25, 0.3) is 0 Å². The van der Waals surface area contributed by atoms with Gasteiger partial charge in [-0.2, -0.15) is 0 Å². The standard InChI is InChI=1S/C15H19Cl2NO3/c1-15(2,8-14(20)21)7-13(19)18(3)9-10-4-11(16)6-12(17)5-10/h4-6H,7-9H2,1-3H3,(H,20,21). The summed E-state index contributed by atoms with van der Waals surface area (Å²) in [5.74, 6) is -1.02. The van der Waals surface area contributed by atoms with Gasteiger partial charge < -0.3 is 10.0 Å². The third-order valence-corrected chi connectivity index (χ3v) is 3.46. The first-order chi connectivity index (χ1) is 9.59. The largest absolute Gasteiger partial charge is 0.481 e. The number of benzene rings is 1. The average molecular weight is 332 g/mol. The first-order valence-corrected chi connectivity index (χ1v) is 7.25. The van der Waals surface area contributed by atoms with Gasteiger partial charge in [-0.1, -0.05) is 37.0 Å². The van der Waals surface area contributed by atoms with Crippen LogP contribution in [0.2, 0.25) is 10.0 Å². The van der Waals surface area contributed by atoms with Gasteiger partial charge in [0.05, 0.1) is 6.42 Å². The van der Waals surface area contributed by atoms with Gasteiger partial charge in [0, 0.05) is 30.1 Å². The summed E-state index contributed by atoms with van der Waals surface area (Å²) in [6.45, 7) is 3.91. The minimum atomic E-state index is -0.905. The summed E-state index contributed by atoms with van der Waals surface area (Å²) in [6, 6.07) is 5.13. The molecule has 4 nitrogen and oxygen atoms in total. The van der Waals surface area contributed by atoms with Gasteiger partial charge in [0.1, 0.15) is 0 Å². The van der Waals surface area contributed by atoms with Crippen molar-refractivity contribution >= 4 is 35.1 Å². The maximum Gasteiger partial charge on any atom is 0.303 e. The van der Waals surface area contributed by atoms with Crippen LogP contribution in [0.3, 0.4) is 0 Å². The summed E-state index contributed by atoms with van der Waals surface area (Å²) in [4.78, 5) is 24.5. The summed E-state index contributed by atoms with van der Waals surface area (Å²) >= 11 is 11.8. The second-order valence-electron chi connectivity index (χ2n) is 5.94. The molecular weight excluding hydrogens is 313 g/mol. The van der Waals surface area contributed by atoms with Crippen LogP contribution < -0.4 is 0 Å². The molecule has 21 heavy (non-hydrogen) atoms. The van der Waals surface area contributed by atoms with Crippen LogP contribution in [0, 0.1) is 5.41 Å². The van der Waals surface area contributed by atoms with E-state index in [0.29, 0.717) is 16.6 Å². The number of hydrogen-bond acceptors (Lipinski definition) is 2. The van der Waals surface area contributed by atoms with Crippen LogP contribution in [0.15, 0.2) is 18.2 Å². The summed E-state index contributed by atoms with van der Waals surface area (Å²) in [7, 11) is 1.67. The Morgan fingerprint density at radius 1 is 1.14 bits per heavy atom. The van der Waals surface area contributed by atoms with Crippen molar-refractivity contribution in [1.29, 1.82) is 0 Å². The molecule has 0 aromatic heterocycles. The topological polar surface area (TPSA) is 57.6 Å². The monoisotopic (exact) mass is 331 g/mol. The summed E-state index contributed by atoms with van der Waals surface area (Å²) < 4.78 is 0. The molecule has 1 rings (SSSR count). The lowest BCUT2D eigenvalue weighted by molar-refractivity contribution is -0.140.